The second-order valence-electron chi connectivity index (χ2n) is 9.12. The van der Waals surface area contributed by atoms with Crippen molar-refractivity contribution in [2.75, 3.05) is 13.1 Å². The van der Waals surface area contributed by atoms with Crippen molar-refractivity contribution in [1.82, 2.24) is 10.3 Å². The number of aromatic hydroxyl groups is 1. The lowest BCUT2D eigenvalue weighted by molar-refractivity contribution is -0.137. The molecule has 194 valence electrons. The summed E-state index contributed by atoms with van der Waals surface area (Å²) in [5, 5.41) is 14.3. The Hall–Kier alpha value is -3.36. The molecule has 1 unspecified atom stereocenters. The number of hydrogen-bond acceptors (Lipinski definition) is 4. The van der Waals surface area contributed by atoms with Crippen LogP contribution in [0.15, 0.2) is 47.6 Å². The van der Waals surface area contributed by atoms with Crippen LogP contribution >= 0.6 is 0 Å². The van der Waals surface area contributed by atoms with Gasteiger partial charge in [-0.25, -0.2) is 5.43 Å². The Morgan fingerprint density at radius 1 is 1.11 bits per heavy atom. The van der Waals surface area contributed by atoms with Gasteiger partial charge < -0.3 is 10.0 Å². The summed E-state index contributed by atoms with van der Waals surface area (Å²) < 4.78 is 38.4. The van der Waals surface area contributed by atoms with Crippen LogP contribution in [-0.4, -0.2) is 41.1 Å². The Labute approximate surface area is 209 Å². The average molecular weight is 504 g/mol. The molecule has 0 aliphatic carbocycles. The van der Waals surface area contributed by atoms with Crippen LogP contribution in [-0.2, 0) is 17.4 Å². The minimum atomic E-state index is -4.45. The predicted octanol–water partition coefficient (Wildman–Crippen LogP) is 5.54. The molecule has 0 radical (unpaired) electrons. The molecule has 1 saturated heterocycles. The van der Waals surface area contributed by atoms with Gasteiger partial charge in [-0.15, -0.1) is 0 Å². The average Bonchev–Trinajstić information content (AvgIpc) is 2.82. The largest absolute Gasteiger partial charge is 0.507 e. The summed E-state index contributed by atoms with van der Waals surface area (Å²) in [4.78, 5) is 26.9. The van der Waals surface area contributed by atoms with Gasteiger partial charge in [0.2, 0.25) is 5.91 Å². The first-order valence-electron chi connectivity index (χ1n) is 12.3. The quantitative estimate of drug-likeness (QED) is 0.385. The molecule has 1 atom stereocenters. The van der Waals surface area contributed by atoms with Gasteiger partial charge in [-0.3, -0.25) is 9.59 Å². The number of nitrogens with one attached hydrogen (secondary N) is 1. The Bertz CT molecular complexity index is 1070. The number of carbonyl (C=O) groups excluding carboxylic acids is 2. The van der Waals surface area contributed by atoms with Gasteiger partial charge in [0.15, 0.2) is 0 Å². The number of rotatable bonds is 7. The summed E-state index contributed by atoms with van der Waals surface area (Å²) in [6, 6.07) is 9.68. The highest BCUT2D eigenvalue weighted by atomic mass is 19.4. The van der Waals surface area contributed by atoms with Gasteiger partial charge in [-0.2, -0.15) is 18.3 Å². The number of amides is 2. The van der Waals surface area contributed by atoms with E-state index in [1.54, 1.807) is 11.0 Å². The number of benzene rings is 2. The van der Waals surface area contributed by atoms with Crippen molar-refractivity contribution in [3.8, 4) is 5.75 Å². The molecule has 2 amide bonds. The molecule has 0 aromatic heterocycles. The van der Waals surface area contributed by atoms with E-state index in [1.807, 2.05) is 19.1 Å². The highest BCUT2D eigenvalue weighted by Crippen LogP contribution is 2.29. The van der Waals surface area contributed by atoms with Crippen LogP contribution in [0.4, 0.5) is 13.2 Å². The Morgan fingerprint density at radius 3 is 2.56 bits per heavy atom. The first-order chi connectivity index (χ1) is 17.2. The van der Waals surface area contributed by atoms with E-state index in [2.05, 4.69) is 10.5 Å². The molecule has 1 heterocycles. The number of halogens is 3. The van der Waals surface area contributed by atoms with Crippen molar-refractivity contribution in [3.63, 3.8) is 0 Å². The summed E-state index contributed by atoms with van der Waals surface area (Å²) in [5.74, 6) is -0.329. The molecule has 9 heteroatoms. The number of likely N-dealkylation sites (tertiary alicyclic amines) is 1. The van der Waals surface area contributed by atoms with Crippen molar-refractivity contribution < 1.29 is 27.9 Å². The van der Waals surface area contributed by atoms with Crippen molar-refractivity contribution in [2.24, 2.45) is 11.0 Å². The number of phenolic OH excluding ortho intramolecular Hbond substituents is 1. The highest BCUT2D eigenvalue weighted by molar-refractivity contribution is 5.94. The Kier molecular flexibility index (Phi) is 9.50. The number of aryl methyl sites for hydroxylation is 1. The second-order valence-corrected chi connectivity index (χ2v) is 9.12. The van der Waals surface area contributed by atoms with Crippen molar-refractivity contribution in [3.05, 3.63) is 64.7 Å². The molecule has 36 heavy (non-hydrogen) atoms. The molecule has 6 nitrogen and oxygen atoms in total. The number of hydrogen-bond donors (Lipinski definition) is 2. The third kappa shape index (κ3) is 7.57. The monoisotopic (exact) mass is 503 g/mol. The van der Waals surface area contributed by atoms with E-state index in [4.69, 9.17) is 0 Å². The topological polar surface area (TPSA) is 82.0 Å². The lowest BCUT2D eigenvalue weighted by Crippen LogP contribution is -2.35. The van der Waals surface area contributed by atoms with Gasteiger partial charge in [-0.1, -0.05) is 31.9 Å². The molecule has 0 bridgehead atoms. The molecule has 2 aromatic rings. The van der Waals surface area contributed by atoms with Crippen LogP contribution < -0.4 is 5.43 Å². The third-order valence-corrected chi connectivity index (χ3v) is 6.38. The predicted molar refractivity (Wildman–Crippen MR) is 132 cm³/mol. The van der Waals surface area contributed by atoms with Crippen LogP contribution in [0.25, 0.3) is 0 Å². The molecule has 1 aliphatic rings. The smallest absolute Gasteiger partial charge is 0.416 e. The fourth-order valence-electron chi connectivity index (χ4n) is 4.39. The number of hydrazone groups is 1. The highest BCUT2D eigenvalue weighted by Gasteiger charge is 2.30. The van der Waals surface area contributed by atoms with Crippen LogP contribution in [0.2, 0.25) is 0 Å². The van der Waals surface area contributed by atoms with Crippen LogP contribution in [0, 0.1) is 5.92 Å². The fraction of sp³-hybridized carbons (Fsp3) is 0.444. The molecule has 2 aromatic carbocycles. The summed E-state index contributed by atoms with van der Waals surface area (Å²) in [7, 11) is 0. The lowest BCUT2D eigenvalue weighted by Gasteiger charge is -2.28. The van der Waals surface area contributed by atoms with E-state index in [1.165, 1.54) is 18.3 Å². The van der Waals surface area contributed by atoms with E-state index < -0.39 is 11.7 Å². The maximum atomic E-state index is 12.8. The Balaban J connectivity index is 1.53. The van der Waals surface area contributed by atoms with Crippen LogP contribution in [0.1, 0.15) is 72.5 Å². The number of para-hydroxylation sites is 1. The van der Waals surface area contributed by atoms with Gasteiger partial charge in [0.05, 0.1) is 11.8 Å². The molecular weight excluding hydrogens is 471 g/mol. The first kappa shape index (κ1) is 27.2. The number of carbonyl (C=O) groups is 2. The molecule has 1 aliphatic heterocycles. The van der Waals surface area contributed by atoms with E-state index >= 15 is 0 Å². The van der Waals surface area contributed by atoms with Crippen LogP contribution in [0.5, 0.6) is 5.75 Å². The van der Waals surface area contributed by atoms with Crippen molar-refractivity contribution >= 4 is 18.0 Å². The zero-order valence-electron chi connectivity index (χ0n) is 20.4. The molecular formula is C27H32F3N3O3. The van der Waals surface area contributed by atoms with E-state index in [0.29, 0.717) is 25.1 Å². The molecule has 3 rings (SSSR count). The van der Waals surface area contributed by atoms with Gasteiger partial charge in [0.1, 0.15) is 5.75 Å². The lowest BCUT2D eigenvalue weighted by atomic mass is 9.92. The minimum absolute atomic E-state index is 0.0599. The summed E-state index contributed by atoms with van der Waals surface area (Å²) in [6.07, 6.45) is 1.95. The molecule has 1 fully saturated rings. The van der Waals surface area contributed by atoms with Gasteiger partial charge >= 0.3 is 6.18 Å². The van der Waals surface area contributed by atoms with Gasteiger partial charge in [0, 0.05) is 30.6 Å². The number of phenols is 1. The number of alkyl halides is 3. The summed E-state index contributed by atoms with van der Waals surface area (Å²) in [5.41, 5.74) is 3.31. The van der Waals surface area contributed by atoms with Crippen molar-refractivity contribution in [1.29, 1.82) is 0 Å². The zero-order valence-corrected chi connectivity index (χ0v) is 20.4. The Morgan fingerprint density at radius 2 is 1.86 bits per heavy atom. The second kappa shape index (κ2) is 12.6. The van der Waals surface area contributed by atoms with E-state index in [-0.39, 0.29) is 35.5 Å². The SMILES string of the molecule is CCCc1cccc(/C=N/NC(=O)CC2CCCCN(C(=O)c3ccc(C(F)(F)F)cc3)CC2)c1O. The molecule has 2 N–H and O–H groups in total. The third-order valence-electron chi connectivity index (χ3n) is 6.38. The van der Waals surface area contributed by atoms with E-state index in [0.717, 1.165) is 49.8 Å². The number of nitrogens with zero attached hydrogens (tertiary/aromatic N) is 2. The summed E-state index contributed by atoms with van der Waals surface area (Å²) >= 11 is 0. The van der Waals surface area contributed by atoms with Gasteiger partial charge in [0.25, 0.3) is 5.91 Å². The van der Waals surface area contributed by atoms with Crippen LogP contribution in [0.3, 0.4) is 0 Å². The van der Waals surface area contributed by atoms with Crippen molar-refractivity contribution in [2.45, 2.75) is 58.0 Å². The standard InChI is InChI=1S/C27H32F3N3O3/c1-2-6-20-8-5-9-22(25(20)35)18-31-32-24(34)17-19-7-3-4-15-33(16-14-19)26(36)21-10-12-23(13-11-21)27(28,29)30/h5,8-13,18-19,35H,2-4,6-7,14-17H2,1H3,(H,32,34)/b31-18+. The molecule has 0 saturated carbocycles. The minimum Gasteiger partial charge on any atom is -0.507 e. The first-order valence-corrected chi connectivity index (χ1v) is 12.3. The maximum absolute atomic E-state index is 12.8. The normalized spacial score (nSPS) is 17.0. The van der Waals surface area contributed by atoms with E-state index in [9.17, 15) is 27.9 Å². The fourth-order valence-corrected chi connectivity index (χ4v) is 4.39. The van der Waals surface area contributed by atoms with Gasteiger partial charge in [-0.05, 0) is 67.5 Å². The zero-order chi connectivity index (χ0) is 26.1. The summed E-state index contributed by atoms with van der Waals surface area (Å²) in [6.45, 7) is 2.99. The maximum Gasteiger partial charge on any atom is 0.416 e. The molecule has 0 spiro atoms.